The zero-order valence-corrected chi connectivity index (χ0v) is 20.5. The normalized spacial score (nSPS) is 20.8. The van der Waals surface area contributed by atoms with Gasteiger partial charge in [0.05, 0.1) is 25.4 Å². The molecule has 2 aliphatic rings. The van der Waals surface area contributed by atoms with Crippen LogP contribution in [0.25, 0.3) is 0 Å². The van der Waals surface area contributed by atoms with Gasteiger partial charge in [-0.25, -0.2) is 0 Å². The number of alkyl halides is 3. The highest BCUT2D eigenvalue weighted by molar-refractivity contribution is 6.30. The van der Waals surface area contributed by atoms with E-state index in [0.29, 0.717) is 56.5 Å². The zero-order valence-electron chi connectivity index (χ0n) is 19.7. The number of benzene rings is 2. The Balaban J connectivity index is 1.52. The van der Waals surface area contributed by atoms with Crippen molar-refractivity contribution in [2.45, 2.75) is 25.4 Å². The van der Waals surface area contributed by atoms with Crippen LogP contribution in [-0.4, -0.2) is 67.6 Å². The maximum absolute atomic E-state index is 13.2. The Morgan fingerprint density at radius 3 is 2.28 bits per heavy atom. The standard InChI is InChI=1S/C26H28ClF3N2O4/c27-21-6-8-22(9-7-21)36-18-25(16-23(33)31-12-14-35-15-13-31)10-1-11-32(17-25)24(34)19-2-4-20(5-3-19)26(28,29)30/h2-9H,1,10-18H2/t25-/m0/s1. The van der Waals surface area contributed by atoms with Crippen molar-refractivity contribution >= 4 is 23.4 Å². The van der Waals surface area contributed by atoms with E-state index < -0.39 is 17.2 Å². The van der Waals surface area contributed by atoms with E-state index >= 15 is 0 Å². The molecule has 0 unspecified atom stereocenters. The molecule has 2 aromatic carbocycles. The average Bonchev–Trinajstić information content (AvgIpc) is 2.88. The molecule has 0 aliphatic carbocycles. The topological polar surface area (TPSA) is 59.1 Å². The molecule has 2 fully saturated rings. The van der Waals surface area contributed by atoms with E-state index in [1.807, 2.05) is 0 Å². The Morgan fingerprint density at radius 1 is 0.972 bits per heavy atom. The van der Waals surface area contributed by atoms with E-state index in [2.05, 4.69) is 0 Å². The quantitative estimate of drug-likeness (QED) is 0.539. The van der Waals surface area contributed by atoms with E-state index in [1.165, 1.54) is 12.1 Å². The maximum Gasteiger partial charge on any atom is 0.416 e. The number of carbonyl (C=O) groups excluding carboxylic acids is 2. The highest BCUT2D eigenvalue weighted by Gasteiger charge is 2.41. The summed E-state index contributed by atoms with van der Waals surface area (Å²) < 4.78 is 50.2. The summed E-state index contributed by atoms with van der Waals surface area (Å²) in [5, 5.41) is 0.575. The van der Waals surface area contributed by atoms with Gasteiger partial charge in [0.25, 0.3) is 5.91 Å². The van der Waals surface area contributed by atoms with Crippen LogP contribution < -0.4 is 4.74 Å². The van der Waals surface area contributed by atoms with Crippen LogP contribution in [0.5, 0.6) is 5.75 Å². The molecule has 0 bridgehead atoms. The molecular weight excluding hydrogens is 497 g/mol. The van der Waals surface area contributed by atoms with Crippen LogP contribution in [0.1, 0.15) is 35.2 Å². The summed E-state index contributed by atoms with van der Waals surface area (Å²) in [5.74, 6) is 0.212. The molecule has 2 heterocycles. The fourth-order valence-corrected chi connectivity index (χ4v) is 4.82. The molecule has 2 aliphatic heterocycles. The van der Waals surface area contributed by atoms with E-state index in [-0.39, 0.29) is 37.0 Å². The van der Waals surface area contributed by atoms with Crippen LogP contribution in [0.3, 0.4) is 0 Å². The highest BCUT2D eigenvalue weighted by atomic mass is 35.5. The number of ether oxygens (including phenoxy) is 2. The summed E-state index contributed by atoms with van der Waals surface area (Å²) in [5.41, 5.74) is -1.27. The fraction of sp³-hybridized carbons (Fsp3) is 0.462. The highest BCUT2D eigenvalue weighted by Crippen LogP contribution is 2.36. The molecule has 36 heavy (non-hydrogen) atoms. The number of hydrogen-bond donors (Lipinski definition) is 0. The van der Waals surface area contributed by atoms with Gasteiger partial charge in [-0.3, -0.25) is 9.59 Å². The lowest BCUT2D eigenvalue weighted by Gasteiger charge is -2.43. The minimum atomic E-state index is -4.47. The zero-order chi connectivity index (χ0) is 25.8. The van der Waals surface area contributed by atoms with Crippen LogP contribution in [0.15, 0.2) is 48.5 Å². The van der Waals surface area contributed by atoms with Gasteiger partial charge in [0.1, 0.15) is 5.75 Å². The summed E-state index contributed by atoms with van der Waals surface area (Å²) in [6.45, 7) is 2.92. The van der Waals surface area contributed by atoms with Crippen molar-refractivity contribution in [1.82, 2.24) is 9.80 Å². The summed E-state index contributed by atoms with van der Waals surface area (Å²) >= 11 is 5.97. The van der Waals surface area contributed by atoms with Crippen LogP contribution in [0, 0.1) is 5.41 Å². The number of rotatable bonds is 6. The van der Waals surface area contributed by atoms with Crippen molar-refractivity contribution in [3.8, 4) is 5.75 Å². The van der Waals surface area contributed by atoms with Crippen molar-refractivity contribution in [2.75, 3.05) is 46.0 Å². The minimum absolute atomic E-state index is 0.0261. The second kappa shape index (κ2) is 11.1. The second-order valence-corrected chi connectivity index (χ2v) is 9.75. The molecule has 1 atom stereocenters. The molecular formula is C26H28ClF3N2O4. The van der Waals surface area contributed by atoms with Gasteiger partial charge in [-0.15, -0.1) is 0 Å². The van der Waals surface area contributed by atoms with Crippen molar-refractivity contribution < 1.29 is 32.2 Å². The molecule has 2 aromatic rings. The number of carbonyl (C=O) groups is 2. The Morgan fingerprint density at radius 2 is 1.64 bits per heavy atom. The van der Waals surface area contributed by atoms with E-state index in [4.69, 9.17) is 21.1 Å². The smallest absolute Gasteiger partial charge is 0.416 e. The molecule has 2 amide bonds. The van der Waals surface area contributed by atoms with Crippen molar-refractivity contribution in [2.24, 2.45) is 5.41 Å². The third kappa shape index (κ3) is 6.50. The molecule has 2 saturated heterocycles. The van der Waals surface area contributed by atoms with Gasteiger partial charge in [-0.2, -0.15) is 13.2 Å². The van der Waals surface area contributed by atoms with E-state index in [0.717, 1.165) is 12.1 Å². The largest absolute Gasteiger partial charge is 0.493 e. The average molecular weight is 525 g/mol. The molecule has 6 nitrogen and oxygen atoms in total. The molecule has 194 valence electrons. The molecule has 10 heteroatoms. The fourth-order valence-electron chi connectivity index (χ4n) is 4.69. The summed E-state index contributed by atoms with van der Waals surface area (Å²) in [4.78, 5) is 29.8. The van der Waals surface area contributed by atoms with Crippen molar-refractivity contribution in [1.29, 1.82) is 0 Å². The third-order valence-corrected chi connectivity index (χ3v) is 6.91. The molecule has 0 spiro atoms. The van der Waals surface area contributed by atoms with Gasteiger partial charge in [-0.05, 0) is 61.4 Å². The SMILES string of the molecule is O=C(C[C@@]1(COc2ccc(Cl)cc2)CCCN(C(=O)c2ccc(C(F)(F)F)cc2)C1)N1CCOCC1. The molecule has 0 N–H and O–H groups in total. The summed E-state index contributed by atoms with van der Waals surface area (Å²) in [6, 6.07) is 11.1. The number of likely N-dealkylation sites (tertiary alicyclic amines) is 1. The second-order valence-electron chi connectivity index (χ2n) is 9.32. The monoisotopic (exact) mass is 524 g/mol. The Hall–Kier alpha value is -2.78. The van der Waals surface area contributed by atoms with Crippen LogP contribution in [0.4, 0.5) is 13.2 Å². The Bertz CT molecular complexity index is 1060. The van der Waals surface area contributed by atoms with Crippen LogP contribution in [-0.2, 0) is 15.7 Å². The number of halogens is 4. The van der Waals surface area contributed by atoms with Crippen LogP contribution in [0.2, 0.25) is 5.02 Å². The van der Waals surface area contributed by atoms with Gasteiger partial charge < -0.3 is 19.3 Å². The van der Waals surface area contributed by atoms with Gasteiger partial charge in [-0.1, -0.05) is 11.6 Å². The van der Waals surface area contributed by atoms with Crippen LogP contribution >= 0.6 is 11.6 Å². The summed E-state index contributed by atoms with van der Waals surface area (Å²) in [7, 11) is 0. The third-order valence-electron chi connectivity index (χ3n) is 6.66. The number of nitrogens with zero attached hydrogens (tertiary/aromatic N) is 2. The molecule has 0 saturated carbocycles. The predicted octanol–water partition coefficient (Wildman–Crippen LogP) is 4.91. The first kappa shape index (κ1) is 26.3. The predicted molar refractivity (Wildman–Crippen MR) is 128 cm³/mol. The first-order valence-corrected chi connectivity index (χ1v) is 12.2. The lowest BCUT2D eigenvalue weighted by Crippen LogP contribution is -2.52. The number of morpholine rings is 1. The molecule has 0 radical (unpaired) electrons. The summed E-state index contributed by atoms with van der Waals surface area (Å²) in [6.07, 6.45) is -2.96. The van der Waals surface area contributed by atoms with Gasteiger partial charge in [0, 0.05) is 48.6 Å². The molecule has 0 aromatic heterocycles. The lowest BCUT2D eigenvalue weighted by atomic mass is 9.77. The number of amides is 2. The number of piperidine rings is 1. The van der Waals surface area contributed by atoms with Gasteiger partial charge in [0.2, 0.25) is 5.91 Å². The maximum atomic E-state index is 13.2. The van der Waals surface area contributed by atoms with Gasteiger partial charge >= 0.3 is 6.18 Å². The first-order valence-electron chi connectivity index (χ1n) is 11.9. The molecule has 4 rings (SSSR count). The Labute approximate surface area is 212 Å². The van der Waals surface area contributed by atoms with Gasteiger partial charge in [0.15, 0.2) is 0 Å². The first-order chi connectivity index (χ1) is 17.2. The van der Waals surface area contributed by atoms with Crippen molar-refractivity contribution in [3.05, 3.63) is 64.7 Å². The minimum Gasteiger partial charge on any atom is -0.493 e. The number of hydrogen-bond acceptors (Lipinski definition) is 4. The van der Waals surface area contributed by atoms with Crippen molar-refractivity contribution in [3.63, 3.8) is 0 Å². The van der Waals surface area contributed by atoms with E-state index in [9.17, 15) is 22.8 Å². The Kier molecular flexibility index (Phi) is 8.10. The van der Waals surface area contributed by atoms with E-state index in [1.54, 1.807) is 34.1 Å². The lowest BCUT2D eigenvalue weighted by molar-refractivity contribution is -0.139.